The summed E-state index contributed by atoms with van der Waals surface area (Å²) in [5, 5.41) is 11.3. The maximum absolute atomic E-state index is 12.0. The van der Waals surface area contributed by atoms with Crippen molar-refractivity contribution in [1.82, 2.24) is 20.5 Å². The largest absolute Gasteiger partial charge is 0.348 e. The van der Waals surface area contributed by atoms with Crippen LogP contribution in [0.3, 0.4) is 0 Å². The lowest BCUT2D eigenvalue weighted by Gasteiger charge is -2.09. The van der Waals surface area contributed by atoms with Crippen molar-refractivity contribution in [3.05, 3.63) is 65.6 Å². The van der Waals surface area contributed by atoms with E-state index in [1.54, 1.807) is 12.3 Å². The van der Waals surface area contributed by atoms with E-state index in [4.69, 9.17) is 0 Å². The van der Waals surface area contributed by atoms with Gasteiger partial charge in [-0.15, -0.1) is 0 Å². The van der Waals surface area contributed by atoms with E-state index in [1.165, 1.54) is 12.4 Å². The molecule has 2 aromatic heterocycles. The first-order valence-electron chi connectivity index (χ1n) is 6.64. The smallest absolute Gasteiger partial charge is 0.253 e. The number of hydrogen-bond acceptors (Lipinski definition) is 4. The van der Waals surface area contributed by atoms with Crippen molar-refractivity contribution in [1.29, 1.82) is 0 Å². The number of hydrogen-bond donors (Lipinski definition) is 1. The molecule has 0 aliphatic heterocycles. The third-order valence-corrected chi connectivity index (χ3v) is 3.35. The summed E-state index contributed by atoms with van der Waals surface area (Å²) < 4.78 is 0. The standard InChI is InChI=1S/C16H14N4O/c1-11-4-5-12(14-3-2-7-17-15(11)14)9-18-16(21)13-6-8-19-20-10-13/h2-8,10H,9H2,1H3,(H,18,21). The third-order valence-electron chi connectivity index (χ3n) is 3.35. The van der Waals surface area contributed by atoms with Crippen molar-refractivity contribution in [3.8, 4) is 0 Å². The summed E-state index contributed by atoms with van der Waals surface area (Å²) in [6.45, 7) is 2.48. The number of fused-ring (bicyclic) bond motifs is 1. The van der Waals surface area contributed by atoms with Gasteiger partial charge in [-0.25, -0.2) is 0 Å². The van der Waals surface area contributed by atoms with Gasteiger partial charge in [0.15, 0.2) is 0 Å². The maximum Gasteiger partial charge on any atom is 0.253 e. The number of carbonyl (C=O) groups excluding carboxylic acids is 1. The van der Waals surface area contributed by atoms with Gasteiger partial charge in [-0.05, 0) is 30.2 Å². The van der Waals surface area contributed by atoms with Crippen LogP contribution in [0.1, 0.15) is 21.5 Å². The first-order valence-corrected chi connectivity index (χ1v) is 6.64. The second kappa shape index (κ2) is 5.66. The minimum atomic E-state index is -0.164. The Hall–Kier alpha value is -2.82. The fourth-order valence-corrected chi connectivity index (χ4v) is 2.23. The fraction of sp³-hybridized carbons (Fsp3) is 0.125. The van der Waals surface area contributed by atoms with E-state index in [1.807, 2.05) is 31.2 Å². The Morgan fingerprint density at radius 3 is 2.86 bits per heavy atom. The molecule has 0 radical (unpaired) electrons. The molecule has 104 valence electrons. The van der Waals surface area contributed by atoms with Crippen molar-refractivity contribution in [2.75, 3.05) is 0 Å². The molecule has 0 unspecified atom stereocenters. The number of aromatic nitrogens is 3. The van der Waals surface area contributed by atoms with Gasteiger partial charge in [0, 0.05) is 18.1 Å². The molecule has 5 heteroatoms. The summed E-state index contributed by atoms with van der Waals surface area (Å²) in [6.07, 6.45) is 4.73. The van der Waals surface area contributed by atoms with Crippen LogP contribution in [0.2, 0.25) is 0 Å². The third kappa shape index (κ3) is 2.72. The van der Waals surface area contributed by atoms with Crippen LogP contribution < -0.4 is 5.32 Å². The Morgan fingerprint density at radius 2 is 2.05 bits per heavy atom. The first kappa shape index (κ1) is 13.2. The maximum atomic E-state index is 12.0. The number of aryl methyl sites for hydroxylation is 1. The van der Waals surface area contributed by atoms with Crippen LogP contribution in [0.15, 0.2) is 48.9 Å². The number of amides is 1. The molecule has 0 bridgehead atoms. The van der Waals surface area contributed by atoms with Gasteiger partial charge < -0.3 is 5.32 Å². The molecule has 0 spiro atoms. The van der Waals surface area contributed by atoms with E-state index in [9.17, 15) is 4.79 Å². The highest BCUT2D eigenvalue weighted by molar-refractivity contribution is 5.94. The predicted molar refractivity (Wildman–Crippen MR) is 79.7 cm³/mol. The van der Waals surface area contributed by atoms with Crippen LogP contribution in [0.25, 0.3) is 10.9 Å². The van der Waals surface area contributed by atoms with Gasteiger partial charge in [0.2, 0.25) is 0 Å². The second-order valence-corrected chi connectivity index (χ2v) is 4.75. The zero-order valence-corrected chi connectivity index (χ0v) is 11.6. The SMILES string of the molecule is Cc1ccc(CNC(=O)c2ccnnc2)c2cccnc12. The van der Waals surface area contributed by atoms with Crippen molar-refractivity contribution >= 4 is 16.8 Å². The van der Waals surface area contributed by atoms with Gasteiger partial charge >= 0.3 is 0 Å². The average Bonchev–Trinajstić information content (AvgIpc) is 2.55. The molecular formula is C16H14N4O. The van der Waals surface area contributed by atoms with Crippen molar-refractivity contribution in [2.24, 2.45) is 0 Å². The van der Waals surface area contributed by atoms with Gasteiger partial charge in [-0.1, -0.05) is 18.2 Å². The summed E-state index contributed by atoms with van der Waals surface area (Å²) in [4.78, 5) is 16.4. The highest BCUT2D eigenvalue weighted by Gasteiger charge is 2.08. The van der Waals surface area contributed by atoms with Gasteiger partial charge in [-0.2, -0.15) is 10.2 Å². The summed E-state index contributed by atoms with van der Waals surface area (Å²) in [5.41, 5.74) is 3.63. The van der Waals surface area contributed by atoms with Gasteiger partial charge in [0.05, 0.1) is 23.5 Å². The average molecular weight is 278 g/mol. The number of carbonyl (C=O) groups is 1. The Kier molecular flexibility index (Phi) is 3.55. The molecule has 1 N–H and O–H groups in total. The number of rotatable bonds is 3. The van der Waals surface area contributed by atoms with Crippen LogP contribution in [0, 0.1) is 6.92 Å². The van der Waals surface area contributed by atoms with E-state index in [0.717, 1.165) is 22.0 Å². The Bertz CT molecular complexity index is 787. The lowest BCUT2D eigenvalue weighted by molar-refractivity contribution is 0.0950. The predicted octanol–water partition coefficient (Wildman–Crippen LogP) is 2.26. The first-order chi connectivity index (χ1) is 10.3. The van der Waals surface area contributed by atoms with Crippen molar-refractivity contribution < 1.29 is 4.79 Å². The minimum Gasteiger partial charge on any atom is -0.348 e. The molecule has 0 saturated heterocycles. The van der Waals surface area contributed by atoms with Crippen molar-refractivity contribution in [2.45, 2.75) is 13.5 Å². The monoisotopic (exact) mass is 278 g/mol. The van der Waals surface area contributed by atoms with Crippen LogP contribution in [-0.2, 0) is 6.54 Å². The molecule has 5 nitrogen and oxygen atoms in total. The van der Waals surface area contributed by atoms with Crippen molar-refractivity contribution in [3.63, 3.8) is 0 Å². The summed E-state index contributed by atoms with van der Waals surface area (Å²) in [6, 6.07) is 9.59. The Labute approximate surface area is 122 Å². The molecular weight excluding hydrogens is 264 g/mol. The molecule has 0 aliphatic rings. The molecule has 21 heavy (non-hydrogen) atoms. The zero-order valence-electron chi connectivity index (χ0n) is 11.6. The summed E-state index contributed by atoms with van der Waals surface area (Å²) >= 11 is 0. The minimum absolute atomic E-state index is 0.164. The number of benzene rings is 1. The molecule has 0 aliphatic carbocycles. The summed E-state index contributed by atoms with van der Waals surface area (Å²) in [5.74, 6) is -0.164. The van der Waals surface area contributed by atoms with E-state index in [0.29, 0.717) is 12.1 Å². The normalized spacial score (nSPS) is 10.5. The lowest BCUT2D eigenvalue weighted by Crippen LogP contribution is -2.23. The van der Waals surface area contributed by atoms with Crippen LogP contribution >= 0.6 is 0 Å². The molecule has 1 aromatic carbocycles. The van der Waals surface area contributed by atoms with Gasteiger partial charge in [-0.3, -0.25) is 9.78 Å². The highest BCUT2D eigenvalue weighted by Crippen LogP contribution is 2.20. The van der Waals surface area contributed by atoms with E-state index >= 15 is 0 Å². The van der Waals surface area contributed by atoms with E-state index in [-0.39, 0.29) is 5.91 Å². The number of nitrogens with one attached hydrogen (secondary N) is 1. The van der Waals surface area contributed by atoms with E-state index < -0.39 is 0 Å². The summed E-state index contributed by atoms with van der Waals surface area (Å²) in [7, 11) is 0. The molecule has 3 aromatic rings. The molecule has 2 heterocycles. The quantitative estimate of drug-likeness (QED) is 0.798. The lowest BCUT2D eigenvalue weighted by atomic mass is 10.0. The topological polar surface area (TPSA) is 67.8 Å². The van der Waals surface area contributed by atoms with E-state index in [2.05, 4.69) is 20.5 Å². The Balaban J connectivity index is 1.83. The number of pyridine rings is 1. The molecule has 0 saturated carbocycles. The highest BCUT2D eigenvalue weighted by atomic mass is 16.1. The zero-order chi connectivity index (χ0) is 14.7. The van der Waals surface area contributed by atoms with Gasteiger partial charge in [0.25, 0.3) is 5.91 Å². The molecule has 1 amide bonds. The molecule has 3 rings (SSSR count). The molecule has 0 atom stereocenters. The fourth-order valence-electron chi connectivity index (χ4n) is 2.23. The van der Waals surface area contributed by atoms with Crippen LogP contribution in [-0.4, -0.2) is 21.1 Å². The van der Waals surface area contributed by atoms with Gasteiger partial charge in [0.1, 0.15) is 0 Å². The molecule has 0 fully saturated rings. The Morgan fingerprint density at radius 1 is 1.14 bits per heavy atom. The number of nitrogens with zero attached hydrogens (tertiary/aromatic N) is 3. The van der Waals surface area contributed by atoms with Crippen LogP contribution in [0.5, 0.6) is 0 Å². The van der Waals surface area contributed by atoms with Crippen LogP contribution in [0.4, 0.5) is 0 Å². The second-order valence-electron chi connectivity index (χ2n) is 4.75.